The van der Waals surface area contributed by atoms with Crippen LogP contribution >= 0.6 is 11.3 Å². The third-order valence-corrected chi connectivity index (χ3v) is 5.86. The SMILES string of the molecule is c1cncc(NCC2CCC3C2OCCN3Cc2cccs2)c1. The van der Waals surface area contributed by atoms with Gasteiger partial charge in [0.2, 0.25) is 0 Å². The number of anilines is 1. The van der Waals surface area contributed by atoms with Crippen LogP contribution in [0.2, 0.25) is 0 Å². The zero-order chi connectivity index (χ0) is 15.5. The van der Waals surface area contributed by atoms with Gasteiger partial charge in [-0.2, -0.15) is 0 Å². The Morgan fingerprint density at radius 3 is 3.13 bits per heavy atom. The standard InChI is InChI=1S/C18H23N3OS/c1-3-15(12-19-7-1)20-11-14-5-6-17-18(14)22-9-8-21(17)13-16-4-2-10-23-16/h1-4,7,10,12,14,17-18,20H,5-6,8-9,11,13H2. The summed E-state index contributed by atoms with van der Waals surface area (Å²) in [6.07, 6.45) is 6.55. The third kappa shape index (κ3) is 3.42. The molecule has 1 aliphatic heterocycles. The molecule has 3 atom stereocenters. The van der Waals surface area contributed by atoms with Crippen molar-refractivity contribution in [3.63, 3.8) is 0 Å². The molecule has 3 heterocycles. The molecular weight excluding hydrogens is 306 g/mol. The van der Waals surface area contributed by atoms with Crippen molar-refractivity contribution in [2.24, 2.45) is 5.92 Å². The molecule has 0 amide bonds. The number of ether oxygens (including phenoxy) is 1. The third-order valence-electron chi connectivity index (χ3n) is 5.00. The van der Waals surface area contributed by atoms with Crippen LogP contribution in [0.1, 0.15) is 17.7 Å². The predicted molar refractivity (Wildman–Crippen MR) is 93.7 cm³/mol. The van der Waals surface area contributed by atoms with Gasteiger partial charge in [0.15, 0.2) is 0 Å². The van der Waals surface area contributed by atoms with E-state index in [4.69, 9.17) is 4.74 Å². The Morgan fingerprint density at radius 1 is 1.30 bits per heavy atom. The first-order chi connectivity index (χ1) is 11.4. The maximum Gasteiger partial charge on any atom is 0.0775 e. The van der Waals surface area contributed by atoms with E-state index >= 15 is 0 Å². The Morgan fingerprint density at radius 2 is 2.30 bits per heavy atom. The highest BCUT2D eigenvalue weighted by Crippen LogP contribution is 2.35. The fourth-order valence-corrected chi connectivity index (χ4v) is 4.60. The topological polar surface area (TPSA) is 37.4 Å². The normalized spacial score (nSPS) is 27.7. The summed E-state index contributed by atoms with van der Waals surface area (Å²) in [4.78, 5) is 8.25. The molecule has 2 fully saturated rings. The number of hydrogen-bond donors (Lipinski definition) is 1. The Labute approximate surface area is 141 Å². The van der Waals surface area contributed by atoms with Crippen molar-refractivity contribution < 1.29 is 4.74 Å². The van der Waals surface area contributed by atoms with Crippen LogP contribution in [0.3, 0.4) is 0 Å². The first-order valence-corrected chi connectivity index (χ1v) is 9.30. The highest BCUT2D eigenvalue weighted by molar-refractivity contribution is 7.09. The molecule has 4 nitrogen and oxygen atoms in total. The fourth-order valence-electron chi connectivity index (χ4n) is 3.87. The molecule has 23 heavy (non-hydrogen) atoms. The zero-order valence-electron chi connectivity index (χ0n) is 13.2. The second kappa shape index (κ2) is 6.99. The van der Waals surface area contributed by atoms with Gasteiger partial charge in [-0.1, -0.05) is 6.07 Å². The van der Waals surface area contributed by atoms with E-state index in [9.17, 15) is 0 Å². The van der Waals surface area contributed by atoms with Crippen molar-refractivity contribution in [1.29, 1.82) is 0 Å². The lowest BCUT2D eigenvalue weighted by molar-refractivity contribution is -0.0742. The average molecular weight is 329 g/mol. The van der Waals surface area contributed by atoms with Crippen LogP contribution in [0, 0.1) is 5.92 Å². The van der Waals surface area contributed by atoms with E-state index < -0.39 is 0 Å². The average Bonchev–Trinajstić information content (AvgIpc) is 3.24. The van der Waals surface area contributed by atoms with E-state index in [1.54, 1.807) is 0 Å². The van der Waals surface area contributed by atoms with E-state index in [1.807, 2.05) is 29.8 Å². The minimum atomic E-state index is 0.368. The highest BCUT2D eigenvalue weighted by Gasteiger charge is 2.42. The monoisotopic (exact) mass is 329 g/mol. The minimum absolute atomic E-state index is 0.368. The van der Waals surface area contributed by atoms with E-state index in [-0.39, 0.29) is 0 Å². The molecule has 3 unspecified atom stereocenters. The summed E-state index contributed by atoms with van der Waals surface area (Å²) >= 11 is 1.86. The van der Waals surface area contributed by atoms with Crippen LogP contribution < -0.4 is 5.32 Å². The van der Waals surface area contributed by atoms with Crippen LogP contribution in [0.25, 0.3) is 0 Å². The van der Waals surface area contributed by atoms with Gasteiger partial charge in [0, 0.05) is 48.9 Å². The van der Waals surface area contributed by atoms with Crippen LogP contribution in [-0.4, -0.2) is 41.7 Å². The predicted octanol–water partition coefficient (Wildman–Crippen LogP) is 3.23. The quantitative estimate of drug-likeness (QED) is 0.914. The van der Waals surface area contributed by atoms with Gasteiger partial charge in [-0.15, -0.1) is 11.3 Å². The summed E-state index contributed by atoms with van der Waals surface area (Å²) in [5, 5.41) is 5.69. The van der Waals surface area contributed by atoms with Gasteiger partial charge in [0.1, 0.15) is 0 Å². The Kier molecular flexibility index (Phi) is 4.60. The van der Waals surface area contributed by atoms with Crippen molar-refractivity contribution >= 4 is 17.0 Å². The molecule has 2 aromatic heterocycles. The summed E-state index contributed by atoms with van der Waals surface area (Å²) in [6, 6.07) is 9.01. The smallest absolute Gasteiger partial charge is 0.0775 e. The molecule has 2 aliphatic rings. The van der Waals surface area contributed by atoms with Gasteiger partial charge in [0.05, 0.1) is 18.4 Å². The molecule has 5 heteroatoms. The number of nitrogens with zero attached hydrogens (tertiary/aromatic N) is 2. The number of morpholine rings is 1. The summed E-state index contributed by atoms with van der Waals surface area (Å²) in [7, 11) is 0. The van der Waals surface area contributed by atoms with Crippen molar-refractivity contribution in [2.45, 2.75) is 31.5 Å². The number of nitrogens with one attached hydrogen (secondary N) is 1. The molecule has 122 valence electrons. The van der Waals surface area contributed by atoms with Crippen molar-refractivity contribution in [3.05, 3.63) is 46.9 Å². The van der Waals surface area contributed by atoms with Crippen molar-refractivity contribution in [1.82, 2.24) is 9.88 Å². The number of hydrogen-bond acceptors (Lipinski definition) is 5. The van der Waals surface area contributed by atoms with E-state index in [1.165, 1.54) is 17.7 Å². The lowest BCUT2D eigenvalue weighted by Crippen LogP contribution is -2.50. The van der Waals surface area contributed by atoms with Crippen LogP contribution in [0.15, 0.2) is 42.0 Å². The fraction of sp³-hybridized carbons (Fsp3) is 0.500. The maximum absolute atomic E-state index is 6.16. The van der Waals surface area contributed by atoms with Gasteiger partial charge in [-0.3, -0.25) is 9.88 Å². The zero-order valence-corrected chi connectivity index (χ0v) is 14.0. The van der Waals surface area contributed by atoms with Crippen molar-refractivity contribution in [3.8, 4) is 0 Å². The summed E-state index contributed by atoms with van der Waals surface area (Å²) < 4.78 is 6.16. The van der Waals surface area contributed by atoms with Gasteiger partial charge < -0.3 is 10.1 Å². The van der Waals surface area contributed by atoms with Crippen LogP contribution in [0.4, 0.5) is 5.69 Å². The number of aromatic nitrogens is 1. The largest absolute Gasteiger partial charge is 0.383 e. The van der Waals surface area contributed by atoms with Gasteiger partial charge in [0.25, 0.3) is 0 Å². The Bertz CT molecular complexity index is 604. The highest BCUT2D eigenvalue weighted by atomic mass is 32.1. The second-order valence-corrected chi connectivity index (χ2v) is 7.44. The maximum atomic E-state index is 6.16. The van der Waals surface area contributed by atoms with Gasteiger partial charge in [-0.05, 0) is 36.4 Å². The van der Waals surface area contributed by atoms with Crippen molar-refractivity contribution in [2.75, 3.05) is 25.0 Å². The second-order valence-electron chi connectivity index (χ2n) is 6.41. The van der Waals surface area contributed by atoms with E-state index in [2.05, 4.69) is 38.8 Å². The number of fused-ring (bicyclic) bond motifs is 1. The number of rotatable bonds is 5. The van der Waals surface area contributed by atoms with Gasteiger partial charge >= 0.3 is 0 Å². The summed E-state index contributed by atoms with van der Waals surface area (Å²) in [5.74, 6) is 0.589. The van der Waals surface area contributed by atoms with E-state index in [0.29, 0.717) is 18.1 Å². The first-order valence-electron chi connectivity index (χ1n) is 8.42. The summed E-state index contributed by atoms with van der Waals surface area (Å²) in [6.45, 7) is 3.96. The molecule has 1 saturated heterocycles. The molecular formula is C18H23N3OS. The summed E-state index contributed by atoms with van der Waals surface area (Å²) in [5.41, 5.74) is 1.10. The molecule has 4 rings (SSSR count). The lowest BCUT2D eigenvalue weighted by atomic mass is 10.0. The molecule has 0 bridgehead atoms. The Balaban J connectivity index is 1.37. The molecule has 1 aliphatic carbocycles. The molecule has 1 N–H and O–H groups in total. The molecule has 0 spiro atoms. The molecule has 1 saturated carbocycles. The molecule has 0 radical (unpaired) electrons. The minimum Gasteiger partial charge on any atom is -0.383 e. The van der Waals surface area contributed by atoms with Crippen LogP contribution in [0.5, 0.6) is 0 Å². The molecule has 0 aromatic carbocycles. The van der Waals surface area contributed by atoms with Crippen LogP contribution in [-0.2, 0) is 11.3 Å². The first kappa shape index (κ1) is 15.1. The number of thiophene rings is 1. The molecule has 2 aromatic rings. The van der Waals surface area contributed by atoms with Gasteiger partial charge in [-0.25, -0.2) is 0 Å². The Hall–Kier alpha value is -1.43. The van der Waals surface area contributed by atoms with E-state index in [0.717, 1.165) is 31.9 Å². The lowest BCUT2D eigenvalue weighted by Gasteiger charge is -2.39. The number of pyridine rings is 1.